The quantitative estimate of drug-likeness (QED) is 0.565. The van der Waals surface area contributed by atoms with E-state index in [1.165, 1.54) is 12.3 Å². The number of pyridine rings is 1. The number of rotatable bonds is 3. The zero-order valence-electron chi connectivity index (χ0n) is 8.74. The van der Waals surface area contributed by atoms with Crippen LogP contribution in [0.1, 0.15) is 0 Å². The van der Waals surface area contributed by atoms with E-state index >= 15 is 0 Å². The van der Waals surface area contributed by atoms with Gasteiger partial charge in [0.1, 0.15) is 5.82 Å². The molecule has 17 heavy (non-hydrogen) atoms. The van der Waals surface area contributed by atoms with E-state index in [4.69, 9.17) is 5.84 Å². The maximum Gasteiger partial charge on any atom is 0.160 e. The predicted molar refractivity (Wildman–Crippen MR) is 61.7 cm³/mol. The van der Waals surface area contributed by atoms with Gasteiger partial charge in [-0.1, -0.05) is 0 Å². The van der Waals surface area contributed by atoms with Crippen molar-refractivity contribution in [2.45, 2.75) is 0 Å². The summed E-state index contributed by atoms with van der Waals surface area (Å²) in [6.45, 7) is 0. The maximum absolute atomic E-state index is 13.0. The van der Waals surface area contributed by atoms with Crippen LogP contribution in [0.3, 0.4) is 0 Å². The minimum absolute atomic E-state index is 0.443. The van der Waals surface area contributed by atoms with Crippen molar-refractivity contribution >= 4 is 17.2 Å². The fraction of sp³-hybridized carbons (Fsp3) is 0. The number of benzene rings is 1. The normalized spacial score (nSPS) is 10.1. The Bertz CT molecular complexity index is 531. The smallest absolute Gasteiger partial charge is 0.160 e. The van der Waals surface area contributed by atoms with E-state index in [2.05, 4.69) is 15.7 Å². The van der Waals surface area contributed by atoms with E-state index in [1.807, 2.05) is 0 Å². The zero-order valence-corrected chi connectivity index (χ0v) is 8.74. The Hall–Kier alpha value is -2.21. The average Bonchev–Trinajstić information content (AvgIpc) is 2.34. The van der Waals surface area contributed by atoms with E-state index in [9.17, 15) is 8.78 Å². The second kappa shape index (κ2) is 4.75. The SMILES string of the molecule is NNc1cc(Nc2ccc(F)c(F)c2)ccn1. The van der Waals surface area contributed by atoms with Gasteiger partial charge in [-0.15, -0.1) is 0 Å². The highest BCUT2D eigenvalue weighted by atomic mass is 19.2. The first kappa shape index (κ1) is 11.3. The fourth-order valence-electron chi connectivity index (χ4n) is 1.33. The number of anilines is 3. The summed E-state index contributed by atoms with van der Waals surface area (Å²) < 4.78 is 25.7. The van der Waals surface area contributed by atoms with E-state index in [-0.39, 0.29) is 0 Å². The minimum atomic E-state index is -0.902. The number of nitrogens with zero attached hydrogens (tertiary/aromatic N) is 1. The van der Waals surface area contributed by atoms with Crippen molar-refractivity contribution < 1.29 is 8.78 Å². The number of hydrogen-bond acceptors (Lipinski definition) is 4. The molecule has 0 fully saturated rings. The third-order valence-electron chi connectivity index (χ3n) is 2.12. The molecule has 0 aliphatic carbocycles. The number of hydrogen-bond donors (Lipinski definition) is 3. The molecule has 88 valence electrons. The Morgan fingerprint density at radius 2 is 1.76 bits per heavy atom. The van der Waals surface area contributed by atoms with Crippen LogP contribution in [0, 0.1) is 11.6 Å². The van der Waals surface area contributed by atoms with Crippen molar-refractivity contribution in [1.82, 2.24) is 4.98 Å². The van der Waals surface area contributed by atoms with Crippen LogP contribution in [0.5, 0.6) is 0 Å². The van der Waals surface area contributed by atoms with Crippen molar-refractivity contribution in [3.05, 3.63) is 48.2 Å². The van der Waals surface area contributed by atoms with Gasteiger partial charge in [0.05, 0.1) is 0 Å². The second-order valence-electron chi connectivity index (χ2n) is 3.33. The molecule has 0 radical (unpaired) electrons. The van der Waals surface area contributed by atoms with E-state index in [0.717, 1.165) is 12.1 Å². The van der Waals surface area contributed by atoms with Crippen molar-refractivity contribution in [1.29, 1.82) is 0 Å². The molecule has 0 unspecified atom stereocenters. The van der Waals surface area contributed by atoms with Crippen molar-refractivity contribution in [3.63, 3.8) is 0 Å². The molecule has 1 aromatic heterocycles. The monoisotopic (exact) mass is 236 g/mol. The lowest BCUT2D eigenvalue weighted by atomic mass is 10.3. The number of aromatic nitrogens is 1. The first-order valence-electron chi connectivity index (χ1n) is 4.84. The number of nitrogens with one attached hydrogen (secondary N) is 2. The summed E-state index contributed by atoms with van der Waals surface area (Å²) in [6.07, 6.45) is 1.54. The first-order chi connectivity index (χ1) is 8.19. The van der Waals surface area contributed by atoms with Crippen LogP contribution in [-0.2, 0) is 0 Å². The molecule has 4 N–H and O–H groups in total. The first-order valence-corrected chi connectivity index (χ1v) is 4.84. The van der Waals surface area contributed by atoms with Gasteiger partial charge in [-0.05, 0) is 18.2 Å². The Morgan fingerprint density at radius 1 is 1.00 bits per heavy atom. The highest BCUT2D eigenvalue weighted by Gasteiger charge is 2.03. The van der Waals surface area contributed by atoms with Gasteiger partial charge in [0.15, 0.2) is 11.6 Å². The Kier molecular flexibility index (Phi) is 3.15. The van der Waals surface area contributed by atoms with Crippen LogP contribution in [-0.4, -0.2) is 4.98 Å². The van der Waals surface area contributed by atoms with Crippen molar-refractivity contribution in [2.24, 2.45) is 5.84 Å². The lowest BCUT2D eigenvalue weighted by Crippen LogP contribution is -2.08. The van der Waals surface area contributed by atoms with Crippen LogP contribution in [0.4, 0.5) is 26.0 Å². The van der Waals surface area contributed by atoms with Crippen LogP contribution < -0.4 is 16.6 Å². The molecule has 0 amide bonds. The molecule has 0 aliphatic rings. The summed E-state index contributed by atoms with van der Waals surface area (Å²) in [4.78, 5) is 3.92. The van der Waals surface area contributed by atoms with Gasteiger partial charge in [0, 0.05) is 29.7 Å². The third kappa shape index (κ3) is 2.67. The molecule has 2 aromatic rings. The Morgan fingerprint density at radius 3 is 2.47 bits per heavy atom. The lowest BCUT2D eigenvalue weighted by Gasteiger charge is -2.07. The van der Waals surface area contributed by atoms with E-state index in [0.29, 0.717) is 17.2 Å². The summed E-state index contributed by atoms with van der Waals surface area (Å²) in [5, 5.41) is 2.90. The standard InChI is InChI=1S/C11H10F2N4/c12-9-2-1-7(5-10(9)13)16-8-3-4-15-11(6-8)17-14/h1-6H,14H2,(H2,15,16,17). The number of nitrogens with two attached hydrogens (primary N) is 1. The highest BCUT2D eigenvalue weighted by molar-refractivity contribution is 5.62. The zero-order chi connectivity index (χ0) is 12.3. The predicted octanol–water partition coefficient (Wildman–Crippen LogP) is 2.39. The van der Waals surface area contributed by atoms with Gasteiger partial charge in [-0.25, -0.2) is 19.6 Å². The molecule has 0 aliphatic heterocycles. The third-order valence-corrected chi connectivity index (χ3v) is 2.12. The molecule has 6 heteroatoms. The summed E-state index contributed by atoms with van der Waals surface area (Å²) in [7, 11) is 0. The fourth-order valence-corrected chi connectivity index (χ4v) is 1.33. The topological polar surface area (TPSA) is 63.0 Å². The van der Waals surface area contributed by atoms with Crippen LogP contribution in [0.2, 0.25) is 0 Å². The molecule has 4 nitrogen and oxygen atoms in total. The molecule has 0 bridgehead atoms. The molecule has 2 rings (SSSR count). The molecular formula is C11H10F2N4. The van der Waals surface area contributed by atoms with Crippen LogP contribution in [0.15, 0.2) is 36.5 Å². The average molecular weight is 236 g/mol. The van der Waals surface area contributed by atoms with E-state index in [1.54, 1.807) is 12.1 Å². The molecule has 0 spiro atoms. The molecule has 0 saturated carbocycles. The minimum Gasteiger partial charge on any atom is -0.355 e. The summed E-state index contributed by atoms with van der Waals surface area (Å²) in [5.41, 5.74) is 3.50. The van der Waals surface area contributed by atoms with Crippen molar-refractivity contribution in [2.75, 3.05) is 10.7 Å². The second-order valence-corrected chi connectivity index (χ2v) is 3.33. The van der Waals surface area contributed by atoms with Gasteiger partial charge < -0.3 is 10.7 Å². The highest BCUT2D eigenvalue weighted by Crippen LogP contribution is 2.19. The van der Waals surface area contributed by atoms with Gasteiger partial charge >= 0.3 is 0 Å². The van der Waals surface area contributed by atoms with Crippen LogP contribution >= 0.6 is 0 Å². The van der Waals surface area contributed by atoms with Crippen molar-refractivity contribution in [3.8, 4) is 0 Å². The number of halogens is 2. The lowest BCUT2D eigenvalue weighted by molar-refractivity contribution is 0.509. The summed E-state index contributed by atoms with van der Waals surface area (Å²) in [6, 6.07) is 6.89. The number of hydrazine groups is 1. The largest absolute Gasteiger partial charge is 0.355 e. The summed E-state index contributed by atoms with van der Waals surface area (Å²) >= 11 is 0. The Labute approximate surface area is 96.4 Å². The molecule has 0 atom stereocenters. The van der Waals surface area contributed by atoms with Crippen LogP contribution in [0.25, 0.3) is 0 Å². The molecular weight excluding hydrogens is 226 g/mol. The van der Waals surface area contributed by atoms with Gasteiger partial charge in [0.25, 0.3) is 0 Å². The number of nitrogen functional groups attached to an aromatic ring is 1. The molecule has 0 saturated heterocycles. The van der Waals surface area contributed by atoms with Gasteiger partial charge in [-0.2, -0.15) is 0 Å². The summed E-state index contributed by atoms with van der Waals surface area (Å²) in [5.74, 6) is 3.89. The molecule has 1 heterocycles. The molecule has 1 aromatic carbocycles. The van der Waals surface area contributed by atoms with Gasteiger partial charge in [-0.3, -0.25) is 0 Å². The maximum atomic E-state index is 13.0. The van der Waals surface area contributed by atoms with E-state index < -0.39 is 11.6 Å². The van der Waals surface area contributed by atoms with Gasteiger partial charge in [0.2, 0.25) is 0 Å². The Balaban J connectivity index is 2.22.